The lowest BCUT2D eigenvalue weighted by Crippen LogP contribution is -2.52. The van der Waals surface area contributed by atoms with Crippen molar-refractivity contribution in [3.05, 3.63) is 22.9 Å². The van der Waals surface area contributed by atoms with Gasteiger partial charge in [-0.05, 0) is 55.3 Å². The number of hydrogen-bond acceptors (Lipinski definition) is 6. The van der Waals surface area contributed by atoms with Crippen LogP contribution in [0.5, 0.6) is 0 Å². The van der Waals surface area contributed by atoms with Gasteiger partial charge in [0.15, 0.2) is 0 Å². The molecule has 0 aromatic carbocycles. The van der Waals surface area contributed by atoms with Crippen LogP contribution < -0.4 is 5.32 Å². The van der Waals surface area contributed by atoms with E-state index in [0.717, 1.165) is 10.1 Å². The summed E-state index contributed by atoms with van der Waals surface area (Å²) in [6.45, 7) is 6.18. The summed E-state index contributed by atoms with van der Waals surface area (Å²) in [5, 5.41) is 17.9. The van der Waals surface area contributed by atoms with Crippen molar-refractivity contribution in [2.24, 2.45) is 0 Å². The molecule has 3 rings (SSSR count). The first-order valence-electron chi connectivity index (χ1n) is 8.16. The highest BCUT2D eigenvalue weighted by atomic mass is 79.9. The number of rotatable bonds is 2. The molecule has 2 atom stereocenters. The third-order valence-electron chi connectivity index (χ3n) is 3.90. The molecule has 0 spiro atoms. The predicted octanol–water partition coefficient (Wildman–Crippen LogP) is 2.27. The molecule has 1 aliphatic rings. The highest BCUT2D eigenvalue weighted by molar-refractivity contribution is 9.10. The fourth-order valence-electron chi connectivity index (χ4n) is 2.69. The fraction of sp³-hybridized carbons (Fsp3) is 0.562. The number of aromatic nitrogens is 3. The summed E-state index contributed by atoms with van der Waals surface area (Å²) in [5.74, 6) is 0.430. The van der Waals surface area contributed by atoms with Gasteiger partial charge in [-0.15, -0.1) is 5.10 Å². The van der Waals surface area contributed by atoms with Gasteiger partial charge in [0.25, 0.3) is 0 Å². The van der Waals surface area contributed by atoms with E-state index < -0.39 is 17.8 Å². The van der Waals surface area contributed by atoms with Crippen molar-refractivity contribution in [3.63, 3.8) is 0 Å². The number of halogens is 1. The van der Waals surface area contributed by atoms with E-state index in [1.807, 2.05) is 32.9 Å². The first-order chi connectivity index (χ1) is 11.7. The van der Waals surface area contributed by atoms with Crippen LogP contribution in [-0.2, 0) is 4.74 Å². The van der Waals surface area contributed by atoms with Crippen LogP contribution in [-0.4, -0.2) is 61.5 Å². The zero-order chi connectivity index (χ0) is 18.2. The van der Waals surface area contributed by atoms with Gasteiger partial charge in [-0.1, -0.05) is 0 Å². The molecule has 3 heterocycles. The highest BCUT2D eigenvalue weighted by Gasteiger charge is 2.32. The Morgan fingerprint density at radius 1 is 1.44 bits per heavy atom. The maximum absolute atomic E-state index is 12.1. The zero-order valence-corrected chi connectivity index (χ0v) is 16.0. The Labute approximate surface area is 154 Å². The largest absolute Gasteiger partial charge is 0.444 e. The van der Waals surface area contributed by atoms with Crippen molar-refractivity contribution in [2.45, 2.75) is 44.9 Å². The van der Waals surface area contributed by atoms with E-state index in [9.17, 15) is 9.90 Å². The molecule has 0 radical (unpaired) electrons. The maximum Gasteiger partial charge on any atom is 0.410 e. The van der Waals surface area contributed by atoms with Gasteiger partial charge in [-0.2, -0.15) is 0 Å². The smallest absolute Gasteiger partial charge is 0.410 e. The summed E-state index contributed by atoms with van der Waals surface area (Å²) in [6.07, 6.45) is 1.16. The van der Waals surface area contributed by atoms with Crippen LogP contribution in [0.4, 0.5) is 10.7 Å². The molecule has 9 heteroatoms. The average molecular weight is 412 g/mol. The van der Waals surface area contributed by atoms with Crippen molar-refractivity contribution in [1.82, 2.24) is 19.5 Å². The number of anilines is 1. The third kappa shape index (κ3) is 4.21. The first-order valence-corrected chi connectivity index (χ1v) is 8.95. The topological polar surface area (TPSA) is 92.0 Å². The number of carbonyl (C=O) groups is 1. The van der Waals surface area contributed by atoms with Gasteiger partial charge < -0.3 is 20.1 Å². The van der Waals surface area contributed by atoms with Crippen LogP contribution in [0, 0.1) is 0 Å². The van der Waals surface area contributed by atoms with Gasteiger partial charge in [0, 0.05) is 6.54 Å². The van der Waals surface area contributed by atoms with Crippen LogP contribution in [0.25, 0.3) is 5.52 Å². The van der Waals surface area contributed by atoms with Crippen LogP contribution >= 0.6 is 15.9 Å². The van der Waals surface area contributed by atoms with Crippen LogP contribution in [0.15, 0.2) is 22.9 Å². The molecule has 0 unspecified atom stereocenters. The molecule has 8 nitrogen and oxygen atoms in total. The van der Waals surface area contributed by atoms with Gasteiger partial charge in [0.1, 0.15) is 10.2 Å². The lowest BCUT2D eigenvalue weighted by molar-refractivity contribution is 0.00113. The number of carbonyl (C=O) groups excluding carboxylic acids is 1. The van der Waals surface area contributed by atoms with Gasteiger partial charge in [-0.25, -0.2) is 14.3 Å². The standard InChI is InChI=1S/C16H22BrN5O3/c1-16(2,3)25-15(24)21-7-6-11(12(23)9-21)19-14-18-8-10-4-5-13(17)22(10)20-14/h4-5,8,11-12,23H,6-7,9H2,1-3H3,(H,19,20)/t11-,12-/m1/s1. The van der Waals surface area contributed by atoms with Crippen LogP contribution in [0.2, 0.25) is 0 Å². The number of piperidine rings is 1. The summed E-state index contributed by atoms with van der Waals surface area (Å²) >= 11 is 3.42. The Balaban J connectivity index is 1.63. The summed E-state index contributed by atoms with van der Waals surface area (Å²) in [5.41, 5.74) is 0.322. The van der Waals surface area contributed by atoms with Gasteiger partial charge in [-0.3, -0.25) is 0 Å². The van der Waals surface area contributed by atoms with Crippen molar-refractivity contribution in [3.8, 4) is 0 Å². The maximum atomic E-state index is 12.1. The van der Waals surface area contributed by atoms with E-state index in [-0.39, 0.29) is 12.6 Å². The highest BCUT2D eigenvalue weighted by Crippen LogP contribution is 2.19. The Kier molecular flexibility index (Phi) is 4.88. The molecule has 2 aromatic rings. The molecular weight excluding hydrogens is 390 g/mol. The second kappa shape index (κ2) is 6.80. The molecule has 1 aliphatic heterocycles. The fourth-order valence-corrected chi connectivity index (χ4v) is 3.11. The number of hydrogen-bond donors (Lipinski definition) is 2. The van der Waals surface area contributed by atoms with Crippen LogP contribution in [0.3, 0.4) is 0 Å². The Morgan fingerprint density at radius 2 is 2.20 bits per heavy atom. The molecule has 0 bridgehead atoms. The monoisotopic (exact) mass is 411 g/mol. The summed E-state index contributed by atoms with van der Waals surface area (Å²) in [7, 11) is 0. The molecular formula is C16H22BrN5O3. The van der Waals surface area contributed by atoms with E-state index in [4.69, 9.17) is 4.74 Å². The van der Waals surface area contributed by atoms with Gasteiger partial charge >= 0.3 is 6.09 Å². The number of β-amino-alcohol motifs (C(OH)–C–C–N with tert-alkyl or cyclic N) is 1. The first kappa shape index (κ1) is 17.9. The quantitative estimate of drug-likeness (QED) is 0.787. The average Bonchev–Trinajstić information content (AvgIpc) is 2.89. The van der Waals surface area contributed by atoms with E-state index in [0.29, 0.717) is 18.9 Å². The molecule has 136 valence electrons. The van der Waals surface area contributed by atoms with Crippen molar-refractivity contribution in [1.29, 1.82) is 0 Å². The Bertz CT molecular complexity index is 773. The van der Waals surface area contributed by atoms with Crippen molar-refractivity contribution in [2.75, 3.05) is 18.4 Å². The number of likely N-dealkylation sites (tertiary alicyclic amines) is 1. The minimum Gasteiger partial charge on any atom is -0.444 e. The van der Waals surface area contributed by atoms with Gasteiger partial charge in [0.05, 0.1) is 30.4 Å². The molecule has 2 aromatic heterocycles. The number of ether oxygens (including phenoxy) is 1. The number of aliphatic hydroxyl groups excluding tert-OH is 1. The normalized spacial score (nSPS) is 21.4. The summed E-state index contributed by atoms with van der Waals surface area (Å²) in [6, 6.07) is 3.56. The predicted molar refractivity (Wildman–Crippen MR) is 96.5 cm³/mol. The minimum absolute atomic E-state index is 0.210. The number of nitrogens with zero attached hydrogens (tertiary/aromatic N) is 4. The summed E-state index contributed by atoms with van der Waals surface area (Å²) < 4.78 is 7.90. The molecule has 2 N–H and O–H groups in total. The molecule has 1 fully saturated rings. The SMILES string of the molecule is CC(C)(C)OC(=O)N1CC[C@@H](Nc2ncc3ccc(Br)n3n2)[C@H](O)C1. The molecule has 0 saturated carbocycles. The van der Waals surface area contributed by atoms with Crippen LogP contribution in [0.1, 0.15) is 27.2 Å². The number of amides is 1. The minimum atomic E-state index is -0.728. The number of nitrogens with one attached hydrogen (secondary N) is 1. The van der Waals surface area contributed by atoms with E-state index in [1.165, 1.54) is 4.90 Å². The Hall–Kier alpha value is -1.87. The van der Waals surface area contributed by atoms with Crippen molar-refractivity contribution >= 4 is 33.5 Å². The zero-order valence-electron chi connectivity index (χ0n) is 14.4. The lowest BCUT2D eigenvalue weighted by atomic mass is 10.0. The van der Waals surface area contributed by atoms with Crippen molar-refractivity contribution < 1.29 is 14.6 Å². The molecule has 0 aliphatic carbocycles. The number of fused-ring (bicyclic) bond motifs is 1. The Morgan fingerprint density at radius 3 is 2.88 bits per heavy atom. The summed E-state index contributed by atoms with van der Waals surface area (Å²) in [4.78, 5) is 17.9. The molecule has 1 saturated heterocycles. The molecule has 25 heavy (non-hydrogen) atoms. The third-order valence-corrected chi connectivity index (χ3v) is 4.50. The number of aliphatic hydroxyl groups is 1. The second-order valence-electron chi connectivity index (χ2n) is 7.11. The van der Waals surface area contributed by atoms with E-state index in [2.05, 4.69) is 31.3 Å². The van der Waals surface area contributed by atoms with E-state index in [1.54, 1.807) is 10.7 Å². The lowest BCUT2D eigenvalue weighted by Gasteiger charge is -2.36. The molecule has 1 amide bonds. The second-order valence-corrected chi connectivity index (χ2v) is 7.92. The van der Waals surface area contributed by atoms with Gasteiger partial charge in [0.2, 0.25) is 5.95 Å². The van der Waals surface area contributed by atoms with E-state index >= 15 is 0 Å².